The Kier molecular flexibility index (Phi) is 7.97. The monoisotopic (exact) mass is 432 g/mol. The first-order valence-corrected chi connectivity index (χ1v) is 12.9. The van der Waals surface area contributed by atoms with E-state index in [2.05, 4.69) is 60.6 Å². The summed E-state index contributed by atoms with van der Waals surface area (Å²) in [4.78, 5) is 2.61. The molecule has 1 aromatic heterocycles. The Labute approximate surface area is 184 Å². The summed E-state index contributed by atoms with van der Waals surface area (Å²) in [6.45, 7) is 10.9. The molecular weight excluding hydrogens is 392 g/mol. The molecule has 0 radical (unpaired) electrons. The second-order valence-corrected chi connectivity index (χ2v) is 11.0. The largest absolute Gasteiger partial charge is 0.303 e. The van der Waals surface area contributed by atoms with Crippen molar-refractivity contribution in [2.75, 3.05) is 13.1 Å². The number of aromatic nitrogens is 2. The van der Waals surface area contributed by atoms with E-state index in [1.165, 1.54) is 38.5 Å². The lowest BCUT2D eigenvalue weighted by Crippen LogP contribution is -2.39. The van der Waals surface area contributed by atoms with Gasteiger partial charge in [-0.05, 0) is 31.9 Å². The number of unbranched alkanes of at least 4 members (excludes halogenated alkanes) is 2. The molecule has 1 aromatic rings. The fourth-order valence-electron chi connectivity index (χ4n) is 4.64. The van der Waals surface area contributed by atoms with Crippen molar-refractivity contribution in [2.24, 2.45) is 12.5 Å². The Balaban J connectivity index is 1.72. The first-order chi connectivity index (χ1) is 14.3. The maximum atomic E-state index is 13.3. The number of likely N-dealkylation sites (tertiary alicyclic amines) is 1. The van der Waals surface area contributed by atoms with E-state index in [9.17, 15) is 4.21 Å². The zero-order chi connectivity index (χ0) is 21.7. The Morgan fingerprint density at radius 3 is 2.63 bits per heavy atom. The van der Waals surface area contributed by atoms with E-state index in [1.54, 1.807) is 0 Å². The van der Waals surface area contributed by atoms with Crippen molar-refractivity contribution in [1.29, 1.82) is 0 Å². The molecule has 1 N–H and O–H groups in total. The highest BCUT2D eigenvalue weighted by Gasteiger charge is 2.31. The van der Waals surface area contributed by atoms with Crippen LogP contribution in [-0.4, -0.2) is 43.3 Å². The number of fused-ring (bicyclic) bond motifs is 1. The Hall–Kier alpha value is -1.40. The second kappa shape index (κ2) is 10.3. The lowest BCUT2D eigenvalue weighted by Gasteiger charge is -2.28. The number of nitrogens with one attached hydrogen (secondary N) is 1. The summed E-state index contributed by atoms with van der Waals surface area (Å²) < 4.78 is 18.5. The quantitative estimate of drug-likeness (QED) is 0.618. The maximum absolute atomic E-state index is 13.3. The summed E-state index contributed by atoms with van der Waals surface area (Å²) in [5.74, 6) is 0. The van der Waals surface area contributed by atoms with Gasteiger partial charge in [0.1, 0.15) is 11.0 Å². The van der Waals surface area contributed by atoms with Gasteiger partial charge in [0.15, 0.2) is 0 Å². The molecule has 0 amide bonds. The van der Waals surface area contributed by atoms with Crippen LogP contribution in [0.2, 0.25) is 0 Å². The Morgan fingerprint density at radius 1 is 1.27 bits per heavy atom. The highest BCUT2D eigenvalue weighted by Crippen LogP contribution is 2.24. The van der Waals surface area contributed by atoms with Gasteiger partial charge in [0.05, 0.1) is 22.5 Å². The van der Waals surface area contributed by atoms with E-state index >= 15 is 0 Å². The first-order valence-electron chi connectivity index (χ1n) is 11.7. The van der Waals surface area contributed by atoms with Gasteiger partial charge in [0.2, 0.25) is 0 Å². The molecule has 168 valence electrons. The SMILES string of the molecule is CCCCC(CCCC)N1CCC(S(=O)NC2=c3c(cnn3C)=CC(C)(C)C=C2)C1. The van der Waals surface area contributed by atoms with Gasteiger partial charge in [-0.25, -0.2) is 4.21 Å². The summed E-state index contributed by atoms with van der Waals surface area (Å²) in [7, 11) is 0.842. The van der Waals surface area contributed by atoms with Crippen LogP contribution >= 0.6 is 0 Å². The van der Waals surface area contributed by atoms with Crippen molar-refractivity contribution >= 4 is 22.8 Å². The Morgan fingerprint density at radius 2 is 1.97 bits per heavy atom. The lowest BCUT2D eigenvalue weighted by molar-refractivity contribution is 0.212. The normalized spacial score (nSPS) is 22.1. The van der Waals surface area contributed by atoms with Gasteiger partial charge < -0.3 is 4.72 Å². The second-order valence-electron chi connectivity index (χ2n) is 9.53. The summed E-state index contributed by atoms with van der Waals surface area (Å²) in [6.07, 6.45) is 17.0. The van der Waals surface area contributed by atoms with Gasteiger partial charge in [-0.15, -0.1) is 0 Å². The molecule has 1 aliphatic heterocycles. The summed E-state index contributed by atoms with van der Waals surface area (Å²) in [5, 5.41) is 6.72. The van der Waals surface area contributed by atoms with Crippen LogP contribution in [0, 0.1) is 5.41 Å². The maximum Gasteiger partial charge on any atom is 0.121 e. The molecule has 2 unspecified atom stereocenters. The predicted molar refractivity (Wildman–Crippen MR) is 127 cm³/mol. The van der Waals surface area contributed by atoms with E-state index in [4.69, 9.17) is 0 Å². The minimum atomic E-state index is -1.11. The molecule has 3 rings (SSSR count). The number of rotatable bonds is 10. The van der Waals surface area contributed by atoms with Crippen LogP contribution in [0.4, 0.5) is 0 Å². The summed E-state index contributed by atoms with van der Waals surface area (Å²) in [5.41, 5.74) is 0.857. The van der Waals surface area contributed by atoms with E-state index in [1.807, 2.05) is 17.9 Å². The molecule has 0 spiro atoms. The van der Waals surface area contributed by atoms with Crippen LogP contribution in [0.1, 0.15) is 72.6 Å². The predicted octanol–water partition coefficient (Wildman–Crippen LogP) is 2.98. The molecule has 1 aliphatic carbocycles. The summed E-state index contributed by atoms with van der Waals surface area (Å²) in [6, 6.07) is 0.649. The molecule has 0 bridgehead atoms. The van der Waals surface area contributed by atoms with E-state index in [0.29, 0.717) is 6.04 Å². The summed E-state index contributed by atoms with van der Waals surface area (Å²) >= 11 is 0. The average molecular weight is 433 g/mol. The molecule has 0 aromatic carbocycles. The molecule has 2 atom stereocenters. The first kappa shape index (κ1) is 23.3. The van der Waals surface area contributed by atoms with Crippen LogP contribution in [0.5, 0.6) is 0 Å². The van der Waals surface area contributed by atoms with Gasteiger partial charge in [-0.3, -0.25) is 9.58 Å². The number of nitrogens with zero attached hydrogens (tertiary/aromatic N) is 3. The van der Waals surface area contributed by atoms with Crippen molar-refractivity contribution < 1.29 is 4.21 Å². The van der Waals surface area contributed by atoms with Crippen LogP contribution in [0.25, 0.3) is 11.8 Å². The molecule has 2 aliphatic rings. The van der Waals surface area contributed by atoms with E-state index in [-0.39, 0.29) is 10.7 Å². The van der Waals surface area contributed by atoms with Gasteiger partial charge >= 0.3 is 0 Å². The third-order valence-corrected chi connectivity index (χ3v) is 7.83. The fourth-order valence-corrected chi connectivity index (χ4v) is 5.83. The average Bonchev–Trinajstić information content (AvgIpc) is 3.29. The van der Waals surface area contributed by atoms with Crippen molar-refractivity contribution in [3.8, 4) is 0 Å². The van der Waals surface area contributed by atoms with Crippen molar-refractivity contribution in [3.05, 3.63) is 28.9 Å². The van der Waals surface area contributed by atoms with Crippen LogP contribution in [0.3, 0.4) is 0 Å². The third-order valence-electron chi connectivity index (χ3n) is 6.42. The van der Waals surface area contributed by atoms with E-state index < -0.39 is 11.0 Å². The number of hydrogen-bond donors (Lipinski definition) is 1. The standard InChI is InChI=1S/C24H40N4OS/c1-6-8-10-20(11-9-7-2)28-15-13-21(18-28)30(29)26-22-12-14-24(3,4)16-19-17-25-27(5)23(19)22/h12,14,16-17,20-21,26H,6-11,13,15,18H2,1-5H3. The van der Waals surface area contributed by atoms with Gasteiger partial charge in [-0.2, -0.15) is 5.10 Å². The lowest BCUT2D eigenvalue weighted by atomic mass is 9.93. The molecule has 2 heterocycles. The zero-order valence-corrected chi connectivity index (χ0v) is 20.3. The fraction of sp³-hybridized carbons (Fsp3) is 0.708. The molecule has 6 heteroatoms. The van der Waals surface area contributed by atoms with Gasteiger partial charge in [-0.1, -0.05) is 65.5 Å². The number of aryl methyl sites for hydroxylation is 1. The van der Waals surface area contributed by atoms with Crippen LogP contribution in [0.15, 0.2) is 18.3 Å². The number of allylic oxidation sites excluding steroid dienone is 1. The smallest absolute Gasteiger partial charge is 0.121 e. The van der Waals surface area contributed by atoms with E-state index in [0.717, 1.165) is 35.8 Å². The molecule has 1 saturated heterocycles. The highest BCUT2D eigenvalue weighted by atomic mass is 32.2. The molecule has 5 nitrogen and oxygen atoms in total. The minimum absolute atomic E-state index is 0.0569. The Bertz CT molecular complexity index is 878. The molecular formula is C24H40N4OS. The van der Waals surface area contributed by atoms with Gasteiger partial charge in [0, 0.05) is 30.3 Å². The molecule has 30 heavy (non-hydrogen) atoms. The third kappa shape index (κ3) is 5.64. The number of hydrogen-bond acceptors (Lipinski definition) is 3. The topological polar surface area (TPSA) is 50.2 Å². The van der Waals surface area contributed by atoms with Crippen LogP contribution < -0.4 is 15.3 Å². The van der Waals surface area contributed by atoms with Crippen LogP contribution in [-0.2, 0) is 18.0 Å². The van der Waals surface area contributed by atoms with Crippen molar-refractivity contribution in [1.82, 2.24) is 19.4 Å². The molecule has 1 fully saturated rings. The highest BCUT2D eigenvalue weighted by molar-refractivity contribution is 7.84. The van der Waals surface area contributed by atoms with Gasteiger partial charge in [0.25, 0.3) is 0 Å². The minimum Gasteiger partial charge on any atom is -0.303 e. The molecule has 0 saturated carbocycles. The zero-order valence-electron chi connectivity index (χ0n) is 19.5. The van der Waals surface area contributed by atoms with Crippen molar-refractivity contribution in [2.45, 2.75) is 83.9 Å². The van der Waals surface area contributed by atoms with Crippen molar-refractivity contribution in [3.63, 3.8) is 0 Å².